The number of nitrogens with zero attached hydrogens (tertiary/aromatic N) is 1. The molecule has 3 heteroatoms. The van der Waals surface area contributed by atoms with E-state index in [0.717, 1.165) is 18.7 Å². The van der Waals surface area contributed by atoms with Gasteiger partial charge in [-0.25, -0.2) is 0 Å². The maximum Gasteiger partial charge on any atom is 0.193 e. The fourth-order valence-electron chi connectivity index (χ4n) is 1.65. The first-order chi connectivity index (χ1) is 5.68. The third kappa shape index (κ3) is 1.15. The van der Waals surface area contributed by atoms with Gasteiger partial charge in [-0.15, -0.1) is 0 Å². The first-order valence-electron chi connectivity index (χ1n) is 4.17. The van der Waals surface area contributed by atoms with Gasteiger partial charge in [0, 0.05) is 6.54 Å². The molecule has 0 saturated carbocycles. The number of hydrogen-bond donors (Lipinski definition) is 0. The van der Waals surface area contributed by atoms with Crippen LogP contribution < -0.4 is 0 Å². The van der Waals surface area contributed by atoms with Gasteiger partial charge in [-0.1, -0.05) is 0 Å². The van der Waals surface area contributed by atoms with Crippen LogP contribution in [0.15, 0.2) is 10.5 Å². The van der Waals surface area contributed by atoms with Crippen molar-refractivity contribution in [3.63, 3.8) is 0 Å². The highest BCUT2D eigenvalue weighted by molar-refractivity contribution is 6.28. The summed E-state index contributed by atoms with van der Waals surface area (Å²) < 4.78 is 5.41. The van der Waals surface area contributed by atoms with Crippen LogP contribution in [0.3, 0.4) is 0 Å². The van der Waals surface area contributed by atoms with Crippen LogP contribution in [-0.4, -0.2) is 18.5 Å². The smallest absolute Gasteiger partial charge is 0.193 e. The SMILES string of the molecule is CC1c2oc(Cl)cc2CCN1C. The lowest BCUT2D eigenvalue weighted by molar-refractivity contribution is 0.215. The molecule has 0 saturated heterocycles. The highest BCUT2D eigenvalue weighted by atomic mass is 35.5. The summed E-state index contributed by atoms with van der Waals surface area (Å²) in [5.41, 5.74) is 1.27. The quantitative estimate of drug-likeness (QED) is 0.618. The molecule has 0 N–H and O–H groups in total. The molecule has 2 heterocycles. The fourth-order valence-corrected chi connectivity index (χ4v) is 1.86. The molecule has 1 unspecified atom stereocenters. The fraction of sp³-hybridized carbons (Fsp3) is 0.556. The molecule has 12 heavy (non-hydrogen) atoms. The Labute approximate surface area is 77.1 Å². The van der Waals surface area contributed by atoms with Crippen LogP contribution in [0.4, 0.5) is 0 Å². The van der Waals surface area contributed by atoms with Gasteiger partial charge in [0.15, 0.2) is 5.22 Å². The molecule has 66 valence electrons. The van der Waals surface area contributed by atoms with E-state index in [9.17, 15) is 0 Å². The molecule has 0 radical (unpaired) electrons. The molecule has 1 atom stereocenters. The van der Waals surface area contributed by atoms with E-state index in [4.69, 9.17) is 16.0 Å². The largest absolute Gasteiger partial charge is 0.448 e. The van der Waals surface area contributed by atoms with Gasteiger partial charge in [0.05, 0.1) is 6.04 Å². The topological polar surface area (TPSA) is 16.4 Å². The van der Waals surface area contributed by atoms with Gasteiger partial charge >= 0.3 is 0 Å². The number of rotatable bonds is 0. The van der Waals surface area contributed by atoms with E-state index in [1.54, 1.807) is 0 Å². The number of halogens is 1. The average molecular weight is 186 g/mol. The molecule has 2 rings (SSSR count). The molecule has 0 amide bonds. The van der Waals surface area contributed by atoms with Crippen molar-refractivity contribution in [1.29, 1.82) is 0 Å². The van der Waals surface area contributed by atoms with E-state index in [2.05, 4.69) is 18.9 Å². The second kappa shape index (κ2) is 2.79. The van der Waals surface area contributed by atoms with E-state index in [1.165, 1.54) is 5.56 Å². The molecular weight excluding hydrogens is 174 g/mol. The van der Waals surface area contributed by atoms with Gasteiger partial charge in [0.25, 0.3) is 0 Å². The lowest BCUT2D eigenvalue weighted by Gasteiger charge is -2.28. The number of hydrogen-bond acceptors (Lipinski definition) is 2. The third-order valence-electron chi connectivity index (χ3n) is 2.59. The van der Waals surface area contributed by atoms with Crippen molar-refractivity contribution in [3.05, 3.63) is 22.6 Å². The summed E-state index contributed by atoms with van der Waals surface area (Å²) in [5, 5.41) is 0.516. The zero-order chi connectivity index (χ0) is 8.72. The molecular formula is C9H12ClNO. The molecule has 1 aliphatic heterocycles. The standard InChI is InChI=1S/C9H12ClNO/c1-6-9-7(3-4-11(6)2)5-8(10)12-9/h5-6H,3-4H2,1-2H3. The van der Waals surface area contributed by atoms with Crippen LogP contribution in [-0.2, 0) is 6.42 Å². The van der Waals surface area contributed by atoms with Crippen molar-refractivity contribution >= 4 is 11.6 Å². The highest BCUT2D eigenvalue weighted by Gasteiger charge is 2.24. The monoisotopic (exact) mass is 185 g/mol. The third-order valence-corrected chi connectivity index (χ3v) is 2.77. The Bertz CT molecular complexity index is 295. The second-order valence-electron chi connectivity index (χ2n) is 3.35. The number of likely N-dealkylation sites (N-methyl/N-ethyl adjacent to an activating group) is 1. The Morgan fingerprint density at radius 2 is 2.42 bits per heavy atom. The van der Waals surface area contributed by atoms with E-state index in [-0.39, 0.29) is 0 Å². The van der Waals surface area contributed by atoms with Crippen LogP contribution in [0.5, 0.6) is 0 Å². The maximum absolute atomic E-state index is 5.78. The molecule has 1 aromatic heterocycles. The first kappa shape index (κ1) is 8.14. The van der Waals surface area contributed by atoms with Gasteiger partial charge in [-0.2, -0.15) is 0 Å². The van der Waals surface area contributed by atoms with Crippen LogP contribution in [0.2, 0.25) is 5.22 Å². The summed E-state index contributed by atoms with van der Waals surface area (Å²) in [4.78, 5) is 2.27. The second-order valence-corrected chi connectivity index (χ2v) is 3.72. The molecule has 0 spiro atoms. The first-order valence-corrected chi connectivity index (χ1v) is 4.54. The van der Waals surface area contributed by atoms with Crippen molar-refractivity contribution in [1.82, 2.24) is 4.90 Å². The van der Waals surface area contributed by atoms with Crippen molar-refractivity contribution in [2.45, 2.75) is 19.4 Å². The minimum Gasteiger partial charge on any atom is -0.448 e. The van der Waals surface area contributed by atoms with Gasteiger partial charge < -0.3 is 4.42 Å². The molecule has 1 aliphatic rings. The number of furan rings is 1. The predicted octanol–water partition coefficient (Wildman–Crippen LogP) is 2.48. The Morgan fingerprint density at radius 3 is 3.17 bits per heavy atom. The highest BCUT2D eigenvalue weighted by Crippen LogP contribution is 2.32. The zero-order valence-corrected chi connectivity index (χ0v) is 8.06. The lowest BCUT2D eigenvalue weighted by atomic mass is 10.0. The predicted molar refractivity (Wildman–Crippen MR) is 48.5 cm³/mol. The Balaban J connectivity index is 2.41. The van der Waals surface area contributed by atoms with Crippen molar-refractivity contribution in [2.24, 2.45) is 0 Å². The molecule has 1 aromatic rings. The molecule has 0 aliphatic carbocycles. The van der Waals surface area contributed by atoms with Crippen molar-refractivity contribution < 1.29 is 4.42 Å². The molecule has 0 aromatic carbocycles. The summed E-state index contributed by atoms with van der Waals surface area (Å²) >= 11 is 5.78. The van der Waals surface area contributed by atoms with Gasteiger partial charge in [0.1, 0.15) is 5.76 Å². The van der Waals surface area contributed by atoms with Gasteiger partial charge in [-0.05, 0) is 43.6 Å². The Morgan fingerprint density at radius 1 is 1.67 bits per heavy atom. The van der Waals surface area contributed by atoms with Crippen molar-refractivity contribution in [3.8, 4) is 0 Å². The van der Waals surface area contributed by atoms with Gasteiger partial charge in [0.2, 0.25) is 0 Å². The zero-order valence-electron chi connectivity index (χ0n) is 7.30. The minimum absolute atomic E-state index is 0.362. The molecule has 0 fully saturated rings. The summed E-state index contributed by atoms with van der Waals surface area (Å²) in [5.74, 6) is 1.04. The molecule has 0 bridgehead atoms. The van der Waals surface area contributed by atoms with E-state index in [0.29, 0.717) is 11.3 Å². The lowest BCUT2D eigenvalue weighted by Crippen LogP contribution is -2.29. The Hall–Kier alpha value is -0.470. The summed E-state index contributed by atoms with van der Waals surface area (Å²) in [6.45, 7) is 3.22. The van der Waals surface area contributed by atoms with Crippen LogP contribution in [0, 0.1) is 0 Å². The van der Waals surface area contributed by atoms with E-state index < -0.39 is 0 Å². The normalized spacial score (nSPS) is 24.1. The number of fused-ring (bicyclic) bond motifs is 1. The van der Waals surface area contributed by atoms with E-state index >= 15 is 0 Å². The molecule has 2 nitrogen and oxygen atoms in total. The maximum atomic E-state index is 5.78. The van der Waals surface area contributed by atoms with Crippen molar-refractivity contribution in [2.75, 3.05) is 13.6 Å². The summed E-state index contributed by atoms with van der Waals surface area (Å²) in [6, 6.07) is 2.29. The average Bonchev–Trinajstić information content (AvgIpc) is 2.39. The van der Waals surface area contributed by atoms with Crippen LogP contribution >= 0.6 is 11.6 Å². The van der Waals surface area contributed by atoms with Crippen LogP contribution in [0.25, 0.3) is 0 Å². The van der Waals surface area contributed by atoms with Gasteiger partial charge in [-0.3, -0.25) is 4.90 Å². The summed E-state index contributed by atoms with van der Waals surface area (Å²) in [6.07, 6.45) is 1.05. The minimum atomic E-state index is 0.362. The Kier molecular flexibility index (Phi) is 1.89. The summed E-state index contributed by atoms with van der Waals surface area (Å²) in [7, 11) is 2.10. The van der Waals surface area contributed by atoms with Crippen LogP contribution in [0.1, 0.15) is 24.3 Å². The van der Waals surface area contributed by atoms with E-state index in [1.807, 2.05) is 6.07 Å².